The van der Waals surface area contributed by atoms with Gasteiger partial charge >= 0.3 is 44.6 Å². The number of nitrogens with zero attached hydrogens (tertiary/aromatic N) is 9. The Morgan fingerprint density at radius 1 is 0.606 bits per heavy atom. The van der Waals surface area contributed by atoms with Crippen LogP contribution in [0, 0.1) is 11.6 Å². The molecule has 0 spiro atoms. The van der Waals surface area contributed by atoms with Crippen molar-refractivity contribution in [3.63, 3.8) is 0 Å². The van der Waals surface area contributed by atoms with Gasteiger partial charge in [0.2, 0.25) is 17.7 Å². The molecule has 71 heavy (non-hydrogen) atoms. The molecule has 17 nitrogen and oxygen atoms in total. The summed E-state index contributed by atoms with van der Waals surface area (Å²) in [5.74, 6) is -5.88. The molecule has 2 aliphatic rings. The van der Waals surface area contributed by atoms with E-state index in [-0.39, 0.29) is 92.9 Å². The second-order valence-corrected chi connectivity index (χ2v) is 19.1. The number of amides is 1. The highest BCUT2D eigenvalue weighted by Gasteiger charge is 2.40. The van der Waals surface area contributed by atoms with Gasteiger partial charge in [-0.25, -0.2) is 8.78 Å². The van der Waals surface area contributed by atoms with Crippen LogP contribution < -0.4 is 13.9 Å². The van der Waals surface area contributed by atoms with E-state index in [1.54, 1.807) is 72.5 Å². The molecule has 1 N–H and O–H groups in total. The maximum atomic E-state index is 15.1. The van der Waals surface area contributed by atoms with Gasteiger partial charge in [0, 0.05) is 81.0 Å². The number of carbonyl (C=O) groups excluding carboxylic acids is 1. The molecule has 2 saturated heterocycles. The molecule has 2 aliphatic heterocycles. The SMILES string of the molecule is CCC(=O)N1CCN(S(=O)(=O)N(Cc2ccc(-c3nnc(C(F)(F)F)o3)cc2F)c2ccccc2)CC1.Cl.O=S(=O)(N1CCNCC1)N(Cc1ccc(-c2nnc(C(F)(F)F)o2)cc1F)c1ccccc1. The van der Waals surface area contributed by atoms with Gasteiger partial charge in [-0.15, -0.1) is 32.8 Å². The van der Waals surface area contributed by atoms with Crippen molar-refractivity contribution in [2.75, 3.05) is 61.0 Å². The topological polar surface area (TPSA) is 191 Å². The molecular weight excluding hydrogens is 1020 g/mol. The van der Waals surface area contributed by atoms with Gasteiger partial charge in [-0.1, -0.05) is 55.5 Å². The minimum atomic E-state index is -4.84. The third-order valence-electron chi connectivity index (χ3n) is 10.8. The molecule has 4 aromatic carbocycles. The lowest BCUT2D eigenvalue weighted by molar-refractivity contribution is -0.157. The summed E-state index contributed by atoms with van der Waals surface area (Å²) >= 11 is 0. The fraction of sp³-hybridized carbons (Fsp3) is 0.326. The average Bonchev–Trinajstić information content (AvgIpc) is 4.07. The number of hydrogen-bond acceptors (Lipinski definition) is 12. The summed E-state index contributed by atoms with van der Waals surface area (Å²) in [6.45, 7) is 3.19. The van der Waals surface area contributed by atoms with Crippen LogP contribution in [-0.4, -0.2) is 109 Å². The summed E-state index contributed by atoms with van der Waals surface area (Å²) in [4.78, 5) is 13.6. The van der Waals surface area contributed by atoms with Crippen molar-refractivity contribution in [3.05, 3.63) is 132 Å². The lowest BCUT2D eigenvalue weighted by Crippen LogP contribution is -2.54. The van der Waals surface area contributed by atoms with Crippen LogP contribution in [0.25, 0.3) is 22.9 Å². The first-order valence-electron chi connectivity index (χ1n) is 21.2. The van der Waals surface area contributed by atoms with E-state index in [1.165, 1.54) is 32.9 Å². The van der Waals surface area contributed by atoms with Crippen molar-refractivity contribution < 1.29 is 65.6 Å². The molecule has 0 bridgehead atoms. The molecule has 382 valence electrons. The van der Waals surface area contributed by atoms with E-state index in [1.807, 2.05) is 0 Å². The summed E-state index contributed by atoms with van der Waals surface area (Å²) in [7, 11) is -8.10. The van der Waals surface area contributed by atoms with Crippen LogP contribution in [-0.2, 0) is 50.7 Å². The van der Waals surface area contributed by atoms with E-state index >= 15 is 4.39 Å². The van der Waals surface area contributed by atoms with Crippen LogP contribution >= 0.6 is 12.4 Å². The number of carbonyl (C=O) groups is 1. The number of para-hydroxylation sites is 2. The van der Waals surface area contributed by atoms with Gasteiger partial charge in [0.25, 0.3) is 0 Å². The van der Waals surface area contributed by atoms with E-state index in [9.17, 15) is 52.4 Å². The number of nitrogens with one attached hydrogen (secondary N) is 1. The summed E-state index contributed by atoms with van der Waals surface area (Å²) in [5, 5.41) is 15.6. The van der Waals surface area contributed by atoms with Crippen LogP contribution in [0.5, 0.6) is 0 Å². The predicted molar refractivity (Wildman–Crippen MR) is 243 cm³/mol. The number of benzene rings is 4. The molecular formula is C43H43ClF8N10O7S2. The Kier molecular flexibility index (Phi) is 17.1. The van der Waals surface area contributed by atoms with Crippen molar-refractivity contribution in [1.82, 2.24) is 39.2 Å². The number of rotatable bonds is 13. The largest absolute Gasteiger partial charge is 0.470 e. The summed E-state index contributed by atoms with van der Waals surface area (Å²) < 4.78 is 174. The molecule has 2 fully saturated rings. The second-order valence-electron chi connectivity index (χ2n) is 15.4. The third-order valence-corrected chi connectivity index (χ3v) is 14.7. The lowest BCUT2D eigenvalue weighted by Gasteiger charge is -2.37. The zero-order valence-corrected chi connectivity index (χ0v) is 39.6. The Bertz CT molecular complexity index is 2980. The Morgan fingerprint density at radius 3 is 1.35 bits per heavy atom. The van der Waals surface area contributed by atoms with Gasteiger partial charge in [0.05, 0.1) is 24.5 Å². The van der Waals surface area contributed by atoms with Crippen molar-refractivity contribution in [3.8, 4) is 22.9 Å². The monoisotopic (exact) mass is 1060 g/mol. The van der Waals surface area contributed by atoms with E-state index in [4.69, 9.17) is 0 Å². The number of anilines is 2. The molecule has 1 amide bonds. The lowest BCUT2D eigenvalue weighted by atomic mass is 10.1. The Morgan fingerprint density at radius 2 is 1.00 bits per heavy atom. The van der Waals surface area contributed by atoms with Crippen molar-refractivity contribution in [2.45, 2.75) is 38.8 Å². The van der Waals surface area contributed by atoms with Crippen LogP contribution in [0.3, 0.4) is 0 Å². The molecule has 2 aromatic heterocycles. The molecule has 6 aromatic rings. The van der Waals surface area contributed by atoms with E-state index < -0.39 is 68.0 Å². The second kappa shape index (κ2) is 22.4. The first-order chi connectivity index (χ1) is 33.2. The number of halogens is 9. The molecule has 0 radical (unpaired) electrons. The van der Waals surface area contributed by atoms with Crippen molar-refractivity contribution >= 4 is 50.1 Å². The number of alkyl halides is 6. The predicted octanol–water partition coefficient (Wildman–Crippen LogP) is 7.17. The van der Waals surface area contributed by atoms with Crippen LogP contribution in [0.1, 0.15) is 36.3 Å². The Balaban J connectivity index is 0.000000231. The standard InChI is InChI=1S/C23H23F4N5O4S.C20H19F4N5O3S.ClH/c1-2-20(33)30-10-12-31(13-11-30)37(34,35)32(18-6-4-3-5-7-18)15-17-9-8-16(14-19(17)24)21-28-29-22(36-21)23(25,26)27;21-17-12-14(18-26-27-19(32-18)20(22,23)24)6-7-15(17)13-29(16-4-2-1-3-5-16)33(30,31)28-10-8-25-9-11-28;/h3-9,14H,2,10-13,15H2,1H3;1-7,12,25H,8-11,13H2;1H. The van der Waals surface area contributed by atoms with Gasteiger partial charge in [-0.05, 0) is 48.5 Å². The van der Waals surface area contributed by atoms with Gasteiger partial charge in [-0.2, -0.15) is 51.8 Å². The highest BCUT2D eigenvalue weighted by atomic mass is 35.5. The maximum absolute atomic E-state index is 15.1. The quantitative estimate of drug-likeness (QED) is 0.115. The van der Waals surface area contributed by atoms with Crippen molar-refractivity contribution in [1.29, 1.82) is 0 Å². The first-order valence-corrected chi connectivity index (χ1v) is 24.0. The molecule has 8 rings (SSSR count). The highest BCUT2D eigenvalue weighted by Crippen LogP contribution is 2.34. The van der Waals surface area contributed by atoms with Crippen LogP contribution in [0.15, 0.2) is 106 Å². The highest BCUT2D eigenvalue weighted by molar-refractivity contribution is 7.90. The minimum Gasteiger partial charge on any atom is -0.413 e. The van der Waals surface area contributed by atoms with Gasteiger partial charge < -0.3 is 19.1 Å². The Labute approximate surface area is 407 Å². The molecule has 0 unspecified atom stereocenters. The minimum absolute atomic E-state index is 0. The molecule has 0 saturated carbocycles. The maximum Gasteiger partial charge on any atom is 0.470 e. The molecule has 0 atom stereocenters. The summed E-state index contributed by atoms with van der Waals surface area (Å²) in [5.41, 5.74) is 0.505. The Hall–Kier alpha value is -6.26. The van der Waals surface area contributed by atoms with Crippen LogP contribution in [0.2, 0.25) is 0 Å². The fourth-order valence-corrected chi connectivity index (χ4v) is 10.4. The first kappa shape index (κ1) is 54.1. The summed E-state index contributed by atoms with van der Waals surface area (Å²) in [6.07, 6.45) is -9.35. The fourth-order valence-electron chi connectivity index (χ4n) is 7.18. The number of piperazine rings is 2. The zero-order valence-electron chi connectivity index (χ0n) is 37.1. The van der Waals surface area contributed by atoms with E-state index in [0.29, 0.717) is 30.9 Å². The third kappa shape index (κ3) is 12.8. The average molecular weight is 1060 g/mol. The van der Waals surface area contributed by atoms with Crippen molar-refractivity contribution in [2.24, 2.45) is 0 Å². The van der Waals surface area contributed by atoms with Gasteiger partial charge in [0.15, 0.2) is 0 Å². The number of hydrogen-bond donors (Lipinski definition) is 1. The molecule has 28 heteroatoms. The molecule has 0 aliphatic carbocycles. The van der Waals surface area contributed by atoms with Gasteiger partial charge in [-0.3, -0.25) is 13.4 Å². The zero-order chi connectivity index (χ0) is 50.4. The van der Waals surface area contributed by atoms with Crippen LogP contribution in [0.4, 0.5) is 46.5 Å². The summed E-state index contributed by atoms with van der Waals surface area (Å²) in [6, 6.07) is 23.4. The van der Waals surface area contributed by atoms with E-state index in [0.717, 1.165) is 20.7 Å². The van der Waals surface area contributed by atoms with Gasteiger partial charge in [0.1, 0.15) is 11.6 Å². The van der Waals surface area contributed by atoms with E-state index in [2.05, 4.69) is 34.5 Å². The smallest absolute Gasteiger partial charge is 0.413 e. The molecule has 4 heterocycles. The number of aromatic nitrogens is 4. The normalized spacial score (nSPS) is 15.1.